The fourth-order valence-corrected chi connectivity index (χ4v) is 0. The molecule has 6 heavy (non-hydrogen) atoms. The van der Waals surface area contributed by atoms with Gasteiger partial charge < -0.3 is 4.28 Å². The van der Waals surface area contributed by atoms with Crippen molar-refractivity contribution in [2.75, 3.05) is 0 Å². The van der Waals surface area contributed by atoms with Gasteiger partial charge in [0.1, 0.15) is 0 Å². The van der Waals surface area contributed by atoms with Crippen LogP contribution in [0, 0.1) is 0 Å². The van der Waals surface area contributed by atoms with Gasteiger partial charge in [0.25, 0.3) is 0 Å². The van der Waals surface area contributed by atoms with E-state index in [-0.39, 0.29) is 60.9 Å². The summed E-state index contributed by atoms with van der Waals surface area (Å²) < 4.78 is 12.9. The monoisotopic (exact) mass is 154 g/mol. The predicted octanol–water partition coefficient (Wildman–Crippen LogP) is -2.77. The van der Waals surface area contributed by atoms with Crippen LogP contribution in [0.2, 0.25) is 0 Å². The summed E-state index contributed by atoms with van der Waals surface area (Å²) in [7, 11) is 0. The van der Waals surface area contributed by atoms with Crippen molar-refractivity contribution in [2.45, 2.75) is 0 Å². The van der Waals surface area contributed by atoms with Gasteiger partial charge in [-0.05, 0) is 0 Å². The Morgan fingerprint density at radius 3 is 1.00 bits per heavy atom. The first-order valence-corrected chi connectivity index (χ1v) is 1.01. The van der Waals surface area contributed by atoms with Gasteiger partial charge in [-0.25, -0.2) is 0 Å². The van der Waals surface area contributed by atoms with Crippen LogP contribution in [0.25, 0.3) is 0 Å². The molecule has 0 aliphatic heterocycles. The Morgan fingerprint density at radius 1 is 1.00 bits per heavy atom. The average molecular weight is 155 g/mol. The zero-order valence-electron chi connectivity index (χ0n) is 6.36. The van der Waals surface area contributed by atoms with Crippen LogP contribution in [0.5, 0.6) is 0 Å². The van der Waals surface area contributed by atoms with Crippen molar-refractivity contribution in [1.29, 1.82) is 0 Å². The SMILES string of the molecule is OCl.OCl.[Ca+2].[H-].[H-].[H-].[Li+]. The van der Waals surface area contributed by atoms with Crippen LogP contribution < -0.4 is 18.9 Å². The van der Waals surface area contributed by atoms with Crippen molar-refractivity contribution >= 4 is 61.5 Å². The van der Waals surface area contributed by atoms with Crippen LogP contribution in [0.3, 0.4) is 0 Å². The maximum atomic E-state index is 6.47. The molecule has 0 unspecified atom stereocenters. The van der Waals surface area contributed by atoms with Crippen molar-refractivity contribution in [3.05, 3.63) is 0 Å². The molecule has 0 aromatic heterocycles. The second-order valence-corrected chi connectivity index (χ2v) is 0. The van der Waals surface area contributed by atoms with Crippen molar-refractivity contribution in [3.63, 3.8) is 0 Å². The van der Waals surface area contributed by atoms with E-state index in [0.717, 1.165) is 0 Å². The van der Waals surface area contributed by atoms with E-state index in [1.165, 1.54) is 0 Å². The Balaban J connectivity index is -0.00000000114. The maximum Gasteiger partial charge on any atom is 2.00 e. The van der Waals surface area contributed by atoms with Gasteiger partial charge in [-0.15, -0.1) is 0 Å². The Kier molecular flexibility index (Phi) is 213. The molecule has 0 saturated carbocycles. The largest absolute Gasteiger partial charge is 2.00 e. The van der Waals surface area contributed by atoms with Gasteiger partial charge in [-0.1, -0.05) is 0 Å². The normalized spacial score (nSPS) is 2.00. The minimum absolute atomic E-state index is 0. The maximum absolute atomic E-state index is 6.47. The van der Waals surface area contributed by atoms with E-state index in [9.17, 15) is 0 Å². The third kappa shape index (κ3) is 32.8. The number of hydrogen-bond donors (Lipinski definition) is 2. The summed E-state index contributed by atoms with van der Waals surface area (Å²) in [6.07, 6.45) is 0. The van der Waals surface area contributed by atoms with Gasteiger partial charge >= 0.3 is 56.6 Å². The third-order valence-corrected chi connectivity index (χ3v) is 0. The summed E-state index contributed by atoms with van der Waals surface area (Å²) in [4.78, 5) is 0. The van der Waals surface area contributed by atoms with E-state index in [2.05, 4.69) is 23.7 Å². The van der Waals surface area contributed by atoms with Gasteiger partial charge in [0, 0.05) is 0 Å². The molecule has 0 radical (unpaired) electrons. The molecule has 0 atom stereocenters. The molecule has 34 valence electrons. The molecule has 0 spiro atoms. The average Bonchev–Trinajstić information content (AvgIpc) is 1.50. The van der Waals surface area contributed by atoms with Gasteiger partial charge in [0.05, 0.1) is 23.7 Å². The molecule has 0 aliphatic rings. The number of halogens is 2. The van der Waals surface area contributed by atoms with E-state index in [0.29, 0.717) is 0 Å². The second-order valence-electron chi connectivity index (χ2n) is 0. The predicted molar refractivity (Wildman–Crippen MR) is 25.2 cm³/mol. The molecule has 0 heterocycles. The minimum atomic E-state index is 0. The quantitative estimate of drug-likeness (QED) is 0.371. The van der Waals surface area contributed by atoms with Gasteiger partial charge in [-0.3, -0.25) is 9.32 Å². The molecule has 2 N–H and O–H groups in total. The number of hydrogen-bond acceptors (Lipinski definition) is 2. The fourth-order valence-electron chi connectivity index (χ4n) is 0. The summed E-state index contributed by atoms with van der Waals surface area (Å²) in [5.74, 6) is 0. The first-order valence-electron chi connectivity index (χ1n) is 0.338. The fraction of sp³-hybridized carbons (Fsp3) is 0. The molecular weight excluding hydrogens is 150 g/mol. The molecule has 0 aromatic carbocycles. The molecular formula is H5CaCl2LiO2. The first kappa shape index (κ1) is 23.8. The smallest absolute Gasteiger partial charge is 1.00 e. The van der Waals surface area contributed by atoms with Gasteiger partial charge in [0.2, 0.25) is 0 Å². The second kappa shape index (κ2) is 53.5. The van der Waals surface area contributed by atoms with Crippen LogP contribution in [0.1, 0.15) is 4.28 Å². The molecule has 0 bridgehead atoms. The van der Waals surface area contributed by atoms with E-state index in [1.807, 2.05) is 0 Å². The zero-order valence-corrected chi connectivity index (χ0v) is 7.08. The Bertz CT molecular complexity index is 19.8. The third-order valence-electron chi connectivity index (χ3n) is 0. The Morgan fingerprint density at radius 2 is 1.00 bits per heavy atom. The molecule has 0 aliphatic carbocycles. The van der Waals surface area contributed by atoms with E-state index >= 15 is 0 Å². The van der Waals surface area contributed by atoms with E-state index in [1.54, 1.807) is 0 Å². The summed E-state index contributed by atoms with van der Waals surface area (Å²) in [6, 6.07) is 0. The standard InChI is InChI=1S/Ca.2ClHO.Li.3H/c;2*1-2;;;;/h;2*2H;;;;/q+2;;;+1;3*-1. The molecule has 2 nitrogen and oxygen atoms in total. The Labute approximate surface area is 92.8 Å². The molecule has 6 heteroatoms. The van der Waals surface area contributed by atoms with Crippen molar-refractivity contribution in [3.8, 4) is 0 Å². The van der Waals surface area contributed by atoms with E-state index in [4.69, 9.17) is 9.32 Å². The van der Waals surface area contributed by atoms with Crippen LogP contribution in [0.4, 0.5) is 0 Å². The molecule has 0 rings (SSSR count). The van der Waals surface area contributed by atoms with Crippen molar-refractivity contribution in [2.24, 2.45) is 0 Å². The van der Waals surface area contributed by atoms with E-state index < -0.39 is 0 Å². The first-order chi connectivity index (χ1) is 2.00. The van der Waals surface area contributed by atoms with Crippen LogP contribution in [0.15, 0.2) is 0 Å². The van der Waals surface area contributed by atoms with Gasteiger partial charge in [0.15, 0.2) is 0 Å². The van der Waals surface area contributed by atoms with Crippen LogP contribution in [-0.4, -0.2) is 47.1 Å². The van der Waals surface area contributed by atoms with Crippen molar-refractivity contribution in [1.82, 2.24) is 0 Å². The molecule has 0 saturated heterocycles. The molecule has 0 aromatic rings. The summed E-state index contributed by atoms with van der Waals surface area (Å²) in [5, 5.41) is 0. The van der Waals surface area contributed by atoms with Crippen LogP contribution in [-0.2, 0) is 0 Å². The molecule has 0 fully saturated rings. The summed E-state index contributed by atoms with van der Waals surface area (Å²) >= 11 is 7.28. The van der Waals surface area contributed by atoms with Crippen molar-refractivity contribution < 1.29 is 32.5 Å². The Hall–Kier alpha value is 2.36. The molecule has 0 amide bonds. The topological polar surface area (TPSA) is 40.5 Å². The van der Waals surface area contributed by atoms with Crippen LogP contribution >= 0.6 is 23.7 Å². The van der Waals surface area contributed by atoms with Gasteiger partial charge in [-0.2, -0.15) is 0 Å². The zero-order chi connectivity index (χ0) is 4.00. The summed E-state index contributed by atoms with van der Waals surface area (Å²) in [6.45, 7) is 0. The summed E-state index contributed by atoms with van der Waals surface area (Å²) in [5.41, 5.74) is 0. The minimum Gasteiger partial charge on any atom is -1.00 e. The number of rotatable bonds is 0.